The van der Waals surface area contributed by atoms with Gasteiger partial charge in [0.25, 0.3) is 0 Å². The third-order valence-corrected chi connectivity index (χ3v) is 3.49. The van der Waals surface area contributed by atoms with Gasteiger partial charge in [0.1, 0.15) is 0 Å². The lowest BCUT2D eigenvalue weighted by Gasteiger charge is -2.13. The topological polar surface area (TPSA) is 3.24 Å². The first kappa shape index (κ1) is 10.4. The fraction of sp³-hybridized carbons (Fsp3) is 1.00. The minimum atomic E-state index is 1.28. The van der Waals surface area contributed by atoms with Crippen molar-refractivity contribution in [1.29, 1.82) is 0 Å². The zero-order valence-corrected chi connectivity index (χ0v) is 9.04. The minimum absolute atomic E-state index is 1.28. The lowest BCUT2D eigenvalue weighted by Crippen LogP contribution is -2.18. The highest BCUT2D eigenvalue weighted by Gasteiger charge is 2.09. The number of hydrogen-bond acceptors (Lipinski definition) is 2. The van der Waals surface area contributed by atoms with Gasteiger partial charge in [-0.2, -0.15) is 0 Å². The molecule has 0 amide bonds. The Morgan fingerprint density at radius 2 is 1.92 bits per heavy atom. The van der Waals surface area contributed by atoms with E-state index < -0.39 is 0 Å². The van der Waals surface area contributed by atoms with Gasteiger partial charge in [-0.15, -0.1) is 11.8 Å². The van der Waals surface area contributed by atoms with Crippen LogP contribution in [0, 0.1) is 0 Å². The highest BCUT2D eigenvalue weighted by atomic mass is 32.2. The van der Waals surface area contributed by atoms with E-state index in [0.29, 0.717) is 0 Å². The van der Waals surface area contributed by atoms with Crippen molar-refractivity contribution in [2.75, 3.05) is 24.7 Å². The van der Waals surface area contributed by atoms with E-state index >= 15 is 0 Å². The summed E-state index contributed by atoms with van der Waals surface area (Å²) in [7, 11) is 0. The van der Waals surface area contributed by atoms with Gasteiger partial charge in [-0.1, -0.05) is 19.8 Å². The van der Waals surface area contributed by atoms with Crippen LogP contribution in [0.3, 0.4) is 0 Å². The number of unbranched alkanes of at least 4 members (excludes halogenated alkanes) is 2. The first-order chi connectivity index (χ1) is 5.93. The van der Waals surface area contributed by atoms with Crippen LogP contribution in [0.5, 0.6) is 0 Å². The first-order valence-electron chi connectivity index (χ1n) is 5.23. The van der Waals surface area contributed by atoms with Crippen LogP contribution in [0.4, 0.5) is 0 Å². The molecule has 0 aromatic rings. The highest BCUT2D eigenvalue weighted by Crippen LogP contribution is 2.13. The van der Waals surface area contributed by atoms with Crippen LogP contribution in [0.15, 0.2) is 0 Å². The van der Waals surface area contributed by atoms with E-state index in [0.717, 1.165) is 0 Å². The van der Waals surface area contributed by atoms with Crippen molar-refractivity contribution in [3.8, 4) is 0 Å². The van der Waals surface area contributed by atoms with Gasteiger partial charge in [-0.3, -0.25) is 4.90 Å². The van der Waals surface area contributed by atoms with Crippen molar-refractivity contribution in [3.05, 3.63) is 0 Å². The molecule has 0 aromatic carbocycles. The van der Waals surface area contributed by atoms with Crippen LogP contribution in [0.1, 0.15) is 39.0 Å². The molecule has 1 aliphatic heterocycles. The van der Waals surface area contributed by atoms with Crippen LogP contribution in [0.25, 0.3) is 0 Å². The molecule has 0 spiro atoms. The summed E-state index contributed by atoms with van der Waals surface area (Å²) in [5, 5.41) is 0. The smallest absolute Gasteiger partial charge is 0.0444 e. The van der Waals surface area contributed by atoms with E-state index in [1.165, 1.54) is 56.8 Å². The molecule has 0 saturated carbocycles. The van der Waals surface area contributed by atoms with Gasteiger partial charge in [-0.25, -0.2) is 0 Å². The van der Waals surface area contributed by atoms with Crippen LogP contribution in [0.2, 0.25) is 0 Å². The second kappa shape index (κ2) is 6.79. The maximum absolute atomic E-state index is 2.58. The van der Waals surface area contributed by atoms with Gasteiger partial charge in [0.15, 0.2) is 0 Å². The molecule has 1 fully saturated rings. The first-order valence-corrected chi connectivity index (χ1v) is 6.39. The van der Waals surface area contributed by atoms with Gasteiger partial charge in [0.2, 0.25) is 0 Å². The number of likely N-dealkylation sites (tertiary alicyclic amines) is 1. The van der Waals surface area contributed by atoms with E-state index in [4.69, 9.17) is 0 Å². The zero-order chi connectivity index (χ0) is 8.65. The summed E-state index contributed by atoms with van der Waals surface area (Å²) in [6.45, 7) is 4.96. The quantitative estimate of drug-likeness (QED) is 0.588. The van der Waals surface area contributed by atoms with E-state index in [2.05, 4.69) is 23.6 Å². The average Bonchev–Trinajstić information content (AvgIpc) is 2.57. The number of hydrogen-bond donors (Lipinski definition) is 0. The molecule has 0 bridgehead atoms. The van der Waals surface area contributed by atoms with Crippen molar-refractivity contribution in [1.82, 2.24) is 4.90 Å². The second-order valence-electron chi connectivity index (χ2n) is 3.57. The van der Waals surface area contributed by atoms with Crippen LogP contribution in [-0.2, 0) is 0 Å². The fourth-order valence-corrected chi connectivity index (χ4v) is 2.61. The van der Waals surface area contributed by atoms with Crippen molar-refractivity contribution >= 4 is 11.8 Å². The molecule has 0 N–H and O–H groups in total. The summed E-state index contributed by atoms with van der Waals surface area (Å²) in [6, 6.07) is 0. The van der Waals surface area contributed by atoms with Gasteiger partial charge in [-0.05, 0) is 38.1 Å². The standard InChI is InChI=1S/C10H21NS/c1-2-3-6-9-12-10-11-7-4-5-8-11/h2-10H2,1H3. The molecule has 0 aliphatic carbocycles. The largest absolute Gasteiger partial charge is 0.294 e. The minimum Gasteiger partial charge on any atom is -0.294 e. The lowest BCUT2D eigenvalue weighted by molar-refractivity contribution is 0.401. The van der Waals surface area contributed by atoms with E-state index in [1.807, 2.05) is 0 Å². The Labute approximate surface area is 80.9 Å². The van der Waals surface area contributed by atoms with Crippen molar-refractivity contribution < 1.29 is 0 Å². The van der Waals surface area contributed by atoms with E-state index in [-0.39, 0.29) is 0 Å². The lowest BCUT2D eigenvalue weighted by atomic mass is 10.3. The Morgan fingerprint density at radius 3 is 2.58 bits per heavy atom. The van der Waals surface area contributed by atoms with Crippen LogP contribution >= 0.6 is 11.8 Å². The summed E-state index contributed by atoms with van der Waals surface area (Å²) >= 11 is 2.12. The van der Waals surface area contributed by atoms with Gasteiger partial charge < -0.3 is 0 Å². The van der Waals surface area contributed by atoms with Crippen LogP contribution < -0.4 is 0 Å². The number of rotatable bonds is 6. The fourth-order valence-electron chi connectivity index (χ4n) is 1.56. The SMILES string of the molecule is CCCCCSCN1CCCC1. The molecule has 1 nitrogen and oxygen atoms in total. The summed E-state index contributed by atoms with van der Waals surface area (Å²) in [5.41, 5.74) is 0. The summed E-state index contributed by atoms with van der Waals surface area (Å²) in [4.78, 5) is 2.58. The van der Waals surface area contributed by atoms with Gasteiger partial charge in [0.05, 0.1) is 0 Å². The molecule has 72 valence electrons. The predicted octanol–water partition coefficient (Wildman–Crippen LogP) is 2.96. The maximum Gasteiger partial charge on any atom is 0.0444 e. The molecule has 0 radical (unpaired) electrons. The van der Waals surface area contributed by atoms with Gasteiger partial charge >= 0.3 is 0 Å². The molecule has 2 heteroatoms. The molecule has 1 rings (SSSR count). The summed E-state index contributed by atoms with van der Waals surface area (Å²) in [5.74, 6) is 2.65. The Bertz CT molecular complexity index is 100. The van der Waals surface area contributed by atoms with Crippen LogP contribution in [-0.4, -0.2) is 29.6 Å². The van der Waals surface area contributed by atoms with Crippen molar-refractivity contribution in [3.63, 3.8) is 0 Å². The third kappa shape index (κ3) is 4.36. The predicted molar refractivity (Wildman–Crippen MR) is 57.7 cm³/mol. The van der Waals surface area contributed by atoms with E-state index in [1.54, 1.807) is 0 Å². The summed E-state index contributed by atoms with van der Waals surface area (Å²) < 4.78 is 0. The highest BCUT2D eigenvalue weighted by molar-refractivity contribution is 7.99. The molecule has 0 atom stereocenters. The van der Waals surface area contributed by atoms with Crippen molar-refractivity contribution in [2.45, 2.75) is 39.0 Å². The van der Waals surface area contributed by atoms with Gasteiger partial charge in [0, 0.05) is 5.88 Å². The molecular weight excluding hydrogens is 166 g/mol. The Morgan fingerprint density at radius 1 is 1.17 bits per heavy atom. The van der Waals surface area contributed by atoms with Crippen molar-refractivity contribution in [2.24, 2.45) is 0 Å². The Hall–Kier alpha value is 0.310. The molecule has 12 heavy (non-hydrogen) atoms. The molecule has 1 heterocycles. The monoisotopic (exact) mass is 187 g/mol. The van der Waals surface area contributed by atoms with E-state index in [9.17, 15) is 0 Å². The molecule has 0 aromatic heterocycles. The molecule has 0 unspecified atom stereocenters. The third-order valence-electron chi connectivity index (χ3n) is 2.36. The molecule has 1 saturated heterocycles. The molecular formula is C10H21NS. The Balaban J connectivity index is 1.81. The second-order valence-corrected chi connectivity index (χ2v) is 4.64. The zero-order valence-electron chi connectivity index (χ0n) is 8.22. The average molecular weight is 187 g/mol. The maximum atomic E-state index is 2.58. The number of thioether (sulfide) groups is 1. The summed E-state index contributed by atoms with van der Waals surface area (Å²) in [6.07, 6.45) is 7.03. The number of nitrogens with zero attached hydrogens (tertiary/aromatic N) is 1. The normalized spacial score (nSPS) is 18.8. The molecule has 1 aliphatic rings. The Kier molecular flexibility index (Phi) is 5.88.